The number of benzene rings is 2. The fraction of sp³-hybridized carbons (Fsp3) is 0.200. The summed E-state index contributed by atoms with van der Waals surface area (Å²) in [5.74, 6) is -0.0774. The van der Waals surface area contributed by atoms with Crippen LogP contribution in [0.15, 0.2) is 60.0 Å². The topological polar surface area (TPSA) is 95.3 Å². The van der Waals surface area contributed by atoms with E-state index in [1.807, 2.05) is 49.4 Å². The van der Waals surface area contributed by atoms with Crippen LogP contribution in [0.25, 0.3) is 5.69 Å². The molecule has 0 radical (unpaired) electrons. The Labute approximate surface area is 201 Å². The molecule has 0 aliphatic rings. The number of esters is 1. The lowest BCUT2D eigenvalue weighted by molar-refractivity contribution is -0.115. The number of thiazole rings is 1. The fourth-order valence-electron chi connectivity index (χ4n) is 3.55. The van der Waals surface area contributed by atoms with Gasteiger partial charge in [-0.1, -0.05) is 30.3 Å². The lowest BCUT2D eigenvalue weighted by Gasteiger charge is -2.08. The van der Waals surface area contributed by atoms with E-state index in [0.29, 0.717) is 39.1 Å². The molecular formula is C25H24N4O4S. The highest BCUT2D eigenvalue weighted by atomic mass is 32.1. The number of nitrogens with zero attached hydrogens (tertiary/aromatic N) is 3. The third-order valence-electron chi connectivity index (χ3n) is 5.14. The number of methoxy groups -OCH3 is 1. The number of nitrogens with one attached hydrogen (secondary N) is 1. The Morgan fingerprint density at radius 3 is 2.56 bits per heavy atom. The molecule has 9 heteroatoms. The largest absolute Gasteiger partial charge is 0.495 e. The quantitative estimate of drug-likeness (QED) is 0.377. The maximum absolute atomic E-state index is 12.8. The Hall–Kier alpha value is -3.98. The van der Waals surface area contributed by atoms with Crippen LogP contribution in [-0.4, -0.2) is 33.8 Å². The third-order valence-corrected chi connectivity index (χ3v) is 6.04. The molecule has 0 fully saturated rings. The molecule has 1 N–H and O–H groups in total. The van der Waals surface area contributed by atoms with Gasteiger partial charge in [-0.2, -0.15) is 5.10 Å². The Kier molecular flexibility index (Phi) is 7.03. The summed E-state index contributed by atoms with van der Waals surface area (Å²) in [5, 5.41) is 9.73. The molecule has 2 aromatic carbocycles. The summed E-state index contributed by atoms with van der Waals surface area (Å²) in [5.41, 5.74) is 3.80. The number of para-hydroxylation sites is 3. The second-order valence-corrected chi connectivity index (χ2v) is 8.47. The number of hydrogen-bond donors (Lipinski definition) is 1. The summed E-state index contributed by atoms with van der Waals surface area (Å²) in [6, 6.07) is 16.8. The van der Waals surface area contributed by atoms with Crippen LogP contribution in [0, 0.1) is 13.8 Å². The average Bonchev–Trinajstić information content (AvgIpc) is 3.41. The van der Waals surface area contributed by atoms with Gasteiger partial charge < -0.3 is 14.8 Å². The molecule has 0 bridgehead atoms. The summed E-state index contributed by atoms with van der Waals surface area (Å²) in [6.45, 7) is 3.63. The zero-order chi connectivity index (χ0) is 24.1. The minimum Gasteiger partial charge on any atom is -0.495 e. The van der Waals surface area contributed by atoms with Crippen molar-refractivity contribution in [2.24, 2.45) is 0 Å². The van der Waals surface area contributed by atoms with E-state index in [4.69, 9.17) is 9.47 Å². The maximum atomic E-state index is 12.8. The number of rotatable bonds is 8. The van der Waals surface area contributed by atoms with Crippen molar-refractivity contribution in [3.63, 3.8) is 0 Å². The highest BCUT2D eigenvalue weighted by molar-refractivity contribution is 7.09. The lowest BCUT2D eigenvalue weighted by Crippen LogP contribution is -2.15. The van der Waals surface area contributed by atoms with Crippen LogP contribution >= 0.6 is 11.3 Å². The highest BCUT2D eigenvalue weighted by Crippen LogP contribution is 2.24. The van der Waals surface area contributed by atoms with Crippen LogP contribution in [0.4, 0.5) is 5.69 Å². The van der Waals surface area contributed by atoms with E-state index in [1.165, 1.54) is 11.3 Å². The molecule has 0 atom stereocenters. The highest BCUT2D eigenvalue weighted by Gasteiger charge is 2.21. The first-order chi connectivity index (χ1) is 16.5. The second kappa shape index (κ2) is 10.3. The predicted molar refractivity (Wildman–Crippen MR) is 130 cm³/mol. The maximum Gasteiger partial charge on any atom is 0.342 e. The van der Waals surface area contributed by atoms with Crippen molar-refractivity contribution in [2.45, 2.75) is 26.9 Å². The van der Waals surface area contributed by atoms with Crippen molar-refractivity contribution in [3.8, 4) is 11.4 Å². The summed E-state index contributed by atoms with van der Waals surface area (Å²) in [7, 11) is 1.55. The van der Waals surface area contributed by atoms with E-state index in [0.717, 1.165) is 5.69 Å². The first-order valence-electron chi connectivity index (χ1n) is 10.6. The van der Waals surface area contributed by atoms with E-state index < -0.39 is 5.97 Å². The van der Waals surface area contributed by atoms with Crippen molar-refractivity contribution < 1.29 is 19.1 Å². The number of aromatic nitrogens is 3. The SMILES string of the molecule is COc1ccccc1NC(=O)Cc1nc(COC(=O)c2c(C)nn(-c3ccccc3)c2C)cs1. The van der Waals surface area contributed by atoms with E-state index >= 15 is 0 Å². The van der Waals surface area contributed by atoms with Crippen LogP contribution in [0.5, 0.6) is 5.75 Å². The van der Waals surface area contributed by atoms with Crippen LogP contribution in [0.1, 0.15) is 32.4 Å². The molecule has 34 heavy (non-hydrogen) atoms. The van der Waals surface area contributed by atoms with E-state index in [1.54, 1.807) is 36.2 Å². The molecule has 4 rings (SSSR count). The number of ether oxygens (including phenoxy) is 2. The summed E-state index contributed by atoms with van der Waals surface area (Å²) < 4.78 is 12.5. The number of anilines is 1. The monoisotopic (exact) mass is 476 g/mol. The third kappa shape index (κ3) is 5.15. The first kappa shape index (κ1) is 23.2. The van der Waals surface area contributed by atoms with Gasteiger partial charge in [0.2, 0.25) is 5.91 Å². The Morgan fingerprint density at radius 2 is 1.79 bits per heavy atom. The zero-order valence-corrected chi connectivity index (χ0v) is 19.9. The fourth-order valence-corrected chi connectivity index (χ4v) is 4.32. The molecule has 0 unspecified atom stereocenters. The Morgan fingerprint density at radius 1 is 1.06 bits per heavy atom. The van der Waals surface area contributed by atoms with E-state index in [-0.39, 0.29) is 18.9 Å². The zero-order valence-electron chi connectivity index (χ0n) is 19.1. The van der Waals surface area contributed by atoms with Crippen LogP contribution in [-0.2, 0) is 22.6 Å². The number of aryl methyl sites for hydroxylation is 1. The summed E-state index contributed by atoms with van der Waals surface area (Å²) in [4.78, 5) is 29.6. The molecule has 0 saturated heterocycles. The molecular weight excluding hydrogens is 452 g/mol. The molecule has 0 spiro atoms. The smallest absolute Gasteiger partial charge is 0.342 e. The van der Waals surface area contributed by atoms with Crippen molar-refractivity contribution in [1.29, 1.82) is 0 Å². The van der Waals surface area contributed by atoms with Gasteiger partial charge in [0.15, 0.2) is 0 Å². The van der Waals surface area contributed by atoms with Crippen LogP contribution < -0.4 is 10.1 Å². The minimum absolute atomic E-state index is 0.0128. The molecule has 1 amide bonds. The van der Waals surface area contributed by atoms with Crippen molar-refractivity contribution >= 4 is 28.9 Å². The Bertz CT molecular complexity index is 1310. The van der Waals surface area contributed by atoms with Gasteiger partial charge in [0.05, 0.1) is 42.0 Å². The molecule has 2 heterocycles. The molecule has 8 nitrogen and oxygen atoms in total. The van der Waals surface area contributed by atoms with Crippen molar-refractivity contribution in [1.82, 2.24) is 14.8 Å². The van der Waals surface area contributed by atoms with E-state index in [2.05, 4.69) is 15.4 Å². The predicted octanol–water partition coefficient (Wildman–Crippen LogP) is 4.49. The number of amides is 1. The molecule has 0 saturated carbocycles. The second-order valence-electron chi connectivity index (χ2n) is 7.53. The molecule has 2 aromatic heterocycles. The van der Waals surface area contributed by atoms with Gasteiger partial charge in [0, 0.05) is 5.38 Å². The molecule has 4 aromatic rings. The van der Waals surface area contributed by atoms with E-state index in [9.17, 15) is 9.59 Å². The van der Waals surface area contributed by atoms with Gasteiger partial charge in [-0.15, -0.1) is 11.3 Å². The van der Waals surface area contributed by atoms with Gasteiger partial charge in [-0.05, 0) is 38.1 Å². The van der Waals surface area contributed by atoms with Gasteiger partial charge in [0.1, 0.15) is 22.9 Å². The van der Waals surface area contributed by atoms with Crippen LogP contribution in [0.2, 0.25) is 0 Å². The summed E-state index contributed by atoms with van der Waals surface area (Å²) in [6.07, 6.45) is 0.110. The number of carbonyl (C=O) groups excluding carboxylic acids is 2. The van der Waals surface area contributed by atoms with Crippen LogP contribution in [0.3, 0.4) is 0 Å². The first-order valence-corrected chi connectivity index (χ1v) is 11.5. The van der Waals surface area contributed by atoms with Crippen molar-refractivity contribution in [3.05, 3.63) is 87.6 Å². The average molecular weight is 477 g/mol. The normalized spacial score (nSPS) is 10.7. The standard InChI is InChI=1S/C25H24N4O4S/c1-16-24(17(2)29(28-16)19-9-5-4-6-10-19)25(31)33-14-18-15-34-23(26-18)13-22(30)27-20-11-7-8-12-21(20)32-3/h4-12,15H,13-14H2,1-3H3,(H,27,30). The number of hydrogen-bond acceptors (Lipinski definition) is 7. The van der Waals surface area contributed by atoms with Crippen molar-refractivity contribution in [2.75, 3.05) is 12.4 Å². The minimum atomic E-state index is -0.458. The molecule has 174 valence electrons. The number of carbonyl (C=O) groups is 2. The van der Waals surface area contributed by atoms with Gasteiger partial charge >= 0.3 is 5.97 Å². The van der Waals surface area contributed by atoms with Gasteiger partial charge in [0.25, 0.3) is 0 Å². The van der Waals surface area contributed by atoms with Gasteiger partial charge in [-0.25, -0.2) is 14.5 Å². The van der Waals surface area contributed by atoms with Gasteiger partial charge in [-0.3, -0.25) is 4.79 Å². The lowest BCUT2D eigenvalue weighted by atomic mass is 10.2. The Balaban J connectivity index is 1.36. The summed E-state index contributed by atoms with van der Waals surface area (Å²) >= 11 is 1.34. The molecule has 0 aliphatic heterocycles. The molecule has 0 aliphatic carbocycles.